The van der Waals surface area contributed by atoms with E-state index in [-0.39, 0.29) is 97.7 Å². The van der Waals surface area contributed by atoms with Crippen LogP contribution < -0.4 is 0 Å². The van der Waals surface area contributed by atoms with Crippen molar-refractivity contribution in [3.05, 3.63) is 69.8 Å². The number of ether oxygens (including phenoxy) is 2. The van der Waals surface area contributed by atoms with Crippen molar-refractivity contribution in [2.45, 2.75) is 140 Å². The van der Waals surface area contributed by atoms with Crippen molar-refractivity contribution in [1.29, 1.82) is 0 Å². The second-order valence-corrected chi connectivity index (χ2v) is 14.6. The van der Waals surface area contributed by atoms with Crippen LogP contribution in [0.2, 0.25) is 0 Å². The molecule has 54 heavy (non-hydrogen) atoms. The summed E-state index contributed by atoms with van der Waals surface area (Å²) in [5.74, 6) is -2.47. The highest BCUT2D eigenvalue weighted by Crippen LogP contribution is 2.34. The lowest BCUT2D eigenvalue weighted by atomic mass is 9.95. The summed E-state index contributed by atoms with van der Waals surface area (Å²) in [4.78, 5) is 51.3. The minimum absolute atomic E-state index is 0.0499. The van der Waals surface area contributed by atoms with Crippen LogP contribution in [-0.4, -0.2) is 48.1 Å². The molecule has 0 saturated carbocycles. The van der Waals surface area contributed by atoms with Gasteiger partial charge in [0.2, 0.25) is 0 Å². The van der Waals surface area contributed by atoms with E-state index in [9.17, 15) is 45.5 Å². The van der Waals surface area contributed by atoms with Crippen LogP contribution in [0.15, 0.2) is 69.8 Å². The van der Waals surface area contributed by atoms with E-state index in [1.807, 2.05) is 24.3 Å². The molecule has 0 amide bonds. The van der Waals surface area contributed by atoms with Crippen molar-refractivity contribution in [1.82, 2.24) is 0 Å². The van der Waals surface area contributed by atoms with Crippen LogP contribution in [0.5, 0.6) is 0 Å². The average Bonchev–Trinajstić information content (AvgIpc) is 3.51. The Morgan fingerprint density at radius 3 is 1.33 bits per heavy atom. The van der Waals surface area contributed by atoms with Gasteiger partial charge in [-0.15, -0.1) is 0 Å². The Hall–Kier alpha value is -3.12. The van der Waals surface area contributed by atoms with Crippen LogP contribution in [-0.2, 0) is 28.7 Å². The molecule has 3 rings (SSSR count). The fourth-order valence-electron chi connectivity index (χ4n) is 6.48. The predicted octanol–water partition coefficient (Wildman–Crippen LogP) is 11.6. The van der Waals surface area contributed by atoms with E-state index >= 15 is 0 Å². The molecule has 0 N–H and O–H groups in total. The number of cyclic esters (lactones) is 2. The molecule has 0 fully saturated rings. The molecule has 14 heteroatoms. The number of carbonyl (C=O) groups excluding carboxylic acids is 4. The van der Waals surface area contributed by atoms with Crippen LogP contribution in [0.25, 0.3) is 0 Å². The normalized spacial score (nSPS) is 28.0. The van der Waals surface area contributed by atoms with Crippen molar-refractivity contribution in [2.75, 3.05) is 0 Å². The van der Waals surface area contributed by atoms with Crippen molar-refractivity contribution in [3.8, 4) is 0 Å². The number of rotatable bonds is 8. The second kappa shape index (κ2) is 22.4. The summed E-state index contributed by atoms with van der Waals surface area (Å²) in [5.41, 5.74) is 0.824. The molecule has 4 atom stereocenters. The summed E-state index contributed by atoms with van der Waals surface area (Å²) in [6.45, 7) is 0. The van der Waals surface area contributed by atoms with Gasteiger partial charge in [-0.2, -0.15) is 26.3 Å². The van der Waals surface area contributed by atoms with Gasteiger partial charge in [0.05, 0.1) is 10.1 Å². The number of fused-ring (bicyclic) bond motifs is 2. The Balaban J connectivity index is 1.75. The van der Waals surface area contributed by atoms with E-state index in [1.165, 1.54) is 0 Å². The number of halogens is 8. The van der Waals surface area contributed by atoms with Gasteiger partial charge in [0.1, 0.15) is 12.2 Å². The highest BCUT2D eigenvalue weighted by atomic mass is 35.5. The summed E-state index contributed by atoms with van der Waals surface area (Å²) in [5, 5.41) is 0.0997. The second-order valence-electron chi connectivity index (χ2n) is 13.8. The molecular weight excluding hydrogens is 761 g/mol. The zero-order valence-electron chi connectivity index (χ0n) is 30.1. The molecule has 6 nitrogen and oxygen atoms in total. The molecule has 1 aliphatic heterocycles. The topological polar surface area (TPSA) is 86.7 Å². The molecule has 0 unspecified atom stereocenters. The monoisotopic (exact) mass is 808 g/mol. The zero-order valence-corrected chi connectivity index (χ0v) is 31.6. The van der Waals surface area contributed by atoms with Gasteiger partial charge in [-0.25, -0.2) is 0 Å². The lowest BCUT2D eigenvalue weighted by Crippen LogP contribution is -2.19. The molecule has 0 aromatic carbocycles. The molecule has 0 bridgehead atoms. The zero-order chi connectivity index (χ0) is 39.7. The van der Waals surface area contributed by atoms with E-state index in [0.717, 1.165) is 0 Å². The van der Waals surface area contributed by atoms with Gasteiger partial charge in [-0.05, 0) is 77.0 Å². The van der Waals surface area contributed by atoms with Gasteiger partial charge in [0.15, 0.2) is 11.6 Å². The number of allylic oxidation sites excluding steroid dienone is 10. The van der Waals surface area contributed by atoms with Crippen LogP contribution in [0, 0.1) is 11.8 Å². The van der Waals surface area contributed by atoms with Crippen LogP contribution in [0.4, 0.5) is 26.3 Å². The standard InChI is InChI=1S/C40H48Cl2F6O6/c41-33-25-27-13-5-1-3-7-17-35(49)53-29(15-9-11-23-39(43,44)45)20-22-32-28(26-34(42)38(32)52)14-6-2-4-8-18-36(50)54-30(19-21-31(27)37(33)51)16-10-12-24-40(46,47)48/h1-2,5-6,21-22,25-30H,3-4,7-20,23-24H2/b5-1-,6-2-,31-21-,32-22+/t27-,28-,29-,30-/m0/s1. The van der Waals surface area contributed by atoms with Gasteiger partial charge >= 0.3 is 24.3 Å². The van der Waals surface area contributed by atoms with Gasteiger partial charge in [-0.1, -0.05) is 71.8 Å². The maximum Gasteiger partial charge on any atom is 0.389 e. The Bertz CT molecular complexity index is 1380. The molecule has 0 aromatic heterocycles. The minimum atomic E-state index is -4.29. The van der Waals surface area contributed by atoms with Crippen molar-refractivity contribution < 1.29 is 55.0 Å². The third-order valence-electron chi connectivity index (χ3n) is 9.34. The number of ketones is 2. The molecule has 3 aliphatic rings. The third kappa shape index (κ3) is 17.1. The highest BCUT2D eigenvalue weighted by molar-refractivity contribution is 6.46. The Morgan fingerprint density at radius 2 is 0.963 bits per heavy atom. The number of Topliss-reactive ketones (excluding diaryl/α,β-unsaturated/α-hetero) is 2. The smallest absolute Gasteiger partial charge is 0.389 e. The van der Waals surface area contributed by atoms with Crippen LogP contribution >= 0.6 is 23.2 Å². The quantitative estimate of drug-likeness (QED) is 0.105. The molecule has 0 radical (unpaired) electrons. The maximum atomic E-state index is 12.9. The highest BCUT2D eigenvalue weighted by Gasteiger charge is 2.31. The molecule has 0 saturated heterocycles. The molecule has 1 heterocycles. The Morgan fingerprint density at radius 1 is 0.574 bits per heavy atom. The first-order valence-corrected chi connectivity index (χ1v) is 19.3. The van der Waals surface area contributed by atoms with Gasteiger partial charge in [0, 0.05) is 61.5 Å². The summed E-state index contributed by atoms with van der Waals surface area (Å²) in [6, 6.07) is 0. The van der Waals surface area contributed by atoms with Crippen molar-refractivity contribution in [2.24, 2.45) is 11.8 Å². The molecule has 0 spiro atoms. The van der Waals surface area contributed by atoms with E-state index < -0.39 is 49.3 Å². The number of carbonyl (C=O) groups is 4. The van der Waals surface area contributed by atoms with Gasteiger partial charge < -0.3 is 9.47 Å². The molecule has 0 aromatic rings. The SMILES string of the molecule is O=C1CCC/C=C\C[C@H]2C=C(Cl)C(=O)/C2=C/C[C@H](CCCCC(F)(F)F)OC(=O)CCC/C=C\C[C@H]2C=C(Cl)C(=O)/C2=C\C[C@H](CCCCC(F)(F)F)O1. The van der Waals surface area contributed by atoms with Crippen molar-refractivity contribution in [3.63, 3.8) is 0 Å². The number of esters is 2. The Labute approximate surface area is 322 Å². The van der Waals surface area contributed by atoms with Crippen molar-refractivity contribution >= 4 is 46.7 Å². The van der Waals surface area contributed by atoms with E-state index in [2.05, 4.69) is 0 Å². The first-order valence-electron chi connectivity index (χ1n) is 18.6. The number of hydrogen-bond donors (Lipinski definition) is 0. The first-order chi connectivity index (χ1) is 25.5. The molecule has 300 valence electrons. The predicted molar refractivity (Wildman–Crippen MR) is 194 cm³/mol. The minimum Gasteiger partial charge on any atom is -0.462 e. The largest absolute Gasteiger partial charge is 0.462 e. The number of unbranched alkanes of at least 4 members (excludes halogenated alkanes) is 2. The van der Waals surface area contributed by atoms with Crippen LogP contribution in [0.3, 0.4) is 0 Å². The summed E-state index contributed by atoms with van der Waals surface area (Å²) >= 11 is 12.4. The number of alkyl halides is 6. The summed E-state index contributed by atoms with van der Waals surface area (Å²) in [6.07, 6.45) is 5.56. The fraction of sp³-hybridized carbons (Fsp3) is 0.600. The lowest BCUT2D eigenvalue weighted by Gasteiger charge is -2.18. The number of hydrogen-bond acceptors (Lipinski definition) is 6. The maximum absolute atomic E-state index is 12.9. The summed E-state index contributed by atoms with van der Waals surface area (Å²) in [7, 11) is 0. The van der Waals surface area contributed by atoms with Gasteiger partial charge in [-0.3, -0.25) is 19.2 Å². The van der Waals surface area contributed by atoms with E-state index in [1.54, 1.807) is 24.3 Å². The van der Waals surface area contributed by atoms with Gasteiger partial charge in [0.25, 0.3) is 0 Å². The van der Waals surface area contributed by atoms with E-state index in [0.29, 0.717) is 49.7 Å². The fourth-order valence-corrected chi connectivity index (χ4v) is 7.00. The summed E-state index contributed by atoms with van der Waals surface area (Å²) < 4.78 is 87.7. The third-order valence-corrected chi connectivity index (χ3v) is 9.93. The molecular formula is C40H48Cl2F6O6. The van der Waals surface area contributed by atoms with Crippen LogP contribution in [0.1, 0.15) is 116 Å². The first kappa shape index (κ1) is 45.3. The molecule has 2 aliphatic carbocycles. The lowest BCUT2D eigenvalue weighted by molar-refractivity contribution is -0.150. The Kier molecular flexibility index (Phi) is 18.8. The average molecular weight is 810 g/mol. The van der Waals surface area contributed by atoms with E-state index in [4.69, 9.17) is 32.7 Å².